The van der Waals surface area contributed by atoms with E-state index in [1.807, 2.05) is 20.8 Å². The van der Waals surface area contributed by atoms with Crippen LogP contribution in [-0.2, 0) is 0 Å². The van der Waals surface area contributed by atoms with Crippen molar-refractivity contribution in [1.82, 2.24) is 10.2 Å². The average molecular weight is 188 g/mol. The molecule has 0 aromatic carbocycles. The summed E-state index contributed by atoms with van der Waals surface area (Å²) >= 11 is 0. The third-order valence-electron chi connectivity index (χ3n) is 2.13. The van der Waals surface area contributed by atoms with Crippen LogP contribution in [-0.4, -0.2) is 42.3 Å². The van der Waals surface area contributed by atoms with Crippen molar-refractivity contribution in [3.63, 3.8) is 0 Å². The molecule has 0 fully saturated rings. The molecule has 0 aliphatic carbocycles. The van der Waals surface area contributed by atoms with Gasteiger partial charge in [0.15, 0.2) is 0 Å². The minimum absolute atomic E-state index is 0.0129. The van der Waals surface area contributed by atoms with Gasteiger partial charge in [-0.05, 0) is 12.8 Å². The molecular formula is C9H20N2O2. The predicted molar refractivity (Wildman–Crippen MR) is 52.5 cm³/mol. The van der Waals surface area contributed by atoms with E-state index in [-0.39, 0.29) is 24.6 Å². The van der Waals surface area contributed by atoms with Gasteiger partial charge in [0.2, 0.25) is 0 Å². The molecule has 0 aromatic heterocycles. The second-order valence-electron chi connectivity index (χ2n) is 3.50. The highest BCUT2D eigenvalue weighted by molar-refractivity contribution is 5.74. The Bertz CT molecular complexity index is 160. The van der Waals surface area contributed by atoms with Crippen molar-refractivity contribution >= 4 is 6.03 Å². The predicted octanol–water partition coefficient (Wildman–Crippen LogP) is 0.665. The van der Waals surface area contributed by atoms with Crippen LogP contribution in [0, 0.1) is 5.92 Å². The molecule has 0 spiro atoms. The molecule has 13 heavy (non-hydrogen) atoms. The SMILES string of the molecule is CCN(C)C(=O)NC(CO)C(C)C. The first kappa shape index (κ1) is 12.2. The molecule has 2 amide bonds. The largest absolute Gasteiger partial charge is 0.394 e. The number of aliphatic hydroxyl groups is 1. The summed E-state index contributed by atoms with van der Waals surface area (Å²) in [6.07, 6.45) is 0. The summed E-state index contributed by atoms with van der Waals surface area (Å²) in [5, 5.41) is 11.7. The van der Waals surface area contributed by atoms with Gasteiger partial charge in [-0.1, -0.05) is 13.8 Å². The molecule has 0 bridgehead atoms. The van der Waals surface area contributed by atoms with Crippen LogP contribution in [0.5, 0.6) is 0 Å². The van der Waals surface area contributed by atoms with Crippen LogP contribution in [0.1, 0.15) is 20.8 Å². The first-order valence-electron chi connectivity index (χ1n) is 4.65. The van der Waals surface area contributed by atoms with Gasteiger partial charge in [0.1, 0.15) is 0 Å². The van der Waals surface area contributed by atoms with Gasteiger partial charge in [0, 0.05) is 13.6 Å². The Morgan fingerprint density at radius 1 is 1.54 bits per heavy atom. The molecular weight excluding hydrogens is 168 g/mol. The number of nitrogens with one attached hydrogen (secondary N) is 1. The normalized spacial score (nSPS) is 12.8. The second-order valence-corrected chi connectivity index (χ2v) is 3.50. The fraction of sp³-hybridized carbons (Fsp3) is 0.889. The number of rotatable bonds is 4. The molecule has 1 atom stereocenters. The lowest BCUT2D eigenvalue weighted by molar-refractivity contribution is 0.179. The molecule has 0 radical (unpaired) electrons. The quantitative estimate of drug-likeness (QED) is 0.681. The van der Waals surface area contributed by atoms with Crippen LogP contribution in [0.25, 0.3) is 0 Å². The van der Waals surface area contributed by atoms with Gasteiger partial charge in [-0.15, -0.1) is 0 Å². The molecule has 0 saturated heterocycles. The lowest BCUT2D eigenvalue weighted by Crippen LogP contribution is -2.46. The zero-order valence-electron chi connectivity index (χ0n) is 8.87. The molecule has 0 heterocycles. The first-order chi connectivity index (χ1) is 6.02. The Hall–Kier alpha value is -0.770. The molecule has 78 valence electrons. The van der Waals surface area contributed by atoms with Gasteiger partial charge in [-0.3, -0.25) is 0 Å². The molecule has 2 N–H and O–H groups in total. The smallest absolute Gasteiger partial charge is 0.317 e. The van der Waals surface area contributed by atoms with Crippen LogP contribution in [0.4, 0.5) is 4.79 Å². The molecule has 4 heteroatoms. The van der Waals surface area contributed by atoms with Crippen LogP contribution < -0.4 is 5.32 Å². The van der Waals surface area contributed by atoms with E-state index in [1.165, 1.54) is 0 Å². The highest BCUT2D eigenvalue weighted by Crippen LogP contribution is 2.00. The van der Waals surface area contributed by atoms with Gasteiger partial charge in [-0.25, -0.2) is 4.79 Å². The number of aliphatic hydroxyl groups excluding tert-OH is 1. The van der Waals surface area contributed by atoms with Crippen molar-refractivity contribution in [3.05, 3.63) is 0 Å². The van der Waals surface area contributed by atoms with Crippen molar-refractivity contribution < 1.29 is 9.90 Å². The fourth-order valence-corrected chi connectivity index (χ4v) is 0.836. The Kier molecular flexibility index (Phi) is 5.46. The lowest BCUT2D eigenvalue weighted by atomic mass is 10.1. The third kappa shape index (κ3) is 4.12. The number of carbonyl (C=O) groups excluding carboxylic acids is 1. The van der Waals surface area contributed by atoms with E-state index < -0.39 is 0 Å². The molecule has 0 aromatic rings. The molecule has 0 aliphatic heterocycles. The van der Waals surface area contributed by atoms with Gasteiger partial charge >= 0.3 is 6.03 Å². The number of hydrogen-bond acceptors (Lipinski definition) is 2. The average Bonchev–Trinajstić information content (AvgIpc) is 2.11. The second kappa shape index (κ2) is 5.80. The number of carbonyl (C=O) groups is 1. The van der Waals surface area contributed by atoms with Gasteiger partial charge in [0.25, 0.3) is 0 Å². The minimum atomic E-state index is -0.151. The highest BCUT2D eigenvalue weighted by Gasteiger charge is 2.16. The number of nitrogens with zero attached hydrogens (tertiary/aromatic N) is 1. The van der Waals surface area contributed by atoms with Crippen molar-refractivity contribution in [1.29, 1.82) is 0 Å². The van der Waals surface area contributed by atoms with E-state index in [2.05, 4.69) is 5.32 Å². The summed E-state index contributed by atoms with van der Waals surface area (Å²) in [6.45, 7) is 6.49. The van der Waals surface area contributed by atoms with E-state index in [0.29, 0.717) is 6.54 Å². The minimum Gasteiger partial charge on any atom is -0.394 e. The standard InChI is InChI=1S/C9H20N2O2/c1-5-11(4)9(13)10-8(6-12)7(2)3/h7-8,12H,5-6H2,1-4H3,(H,10,13). The maximum atomic E-state index is 11.4. The number of hydrogen-bond donors (Lipinski definition) is 2. The maximum absolute atomic E-state index is 11.4. The van der Waals surface area contributed by atoms with E-state index >= 15 is 0 Å². The zero-order valence-corrected chi connectivity index (χ0v) is 8.87. The van der Waals surface area contributed by atoms with Crippen molar-refractivity contribution in [2.24, 2.45) is 5.92 Å². The molecule has 0 rings (SSSR count). The van der Waals surface area contributed by atoms with E-state index in [9.17, 15) is 4.79 Å². The van der Waals surface area contributed by atoms with E-state index in [4.69, 9.17) is 5.11 Å². The van der Waals surface area contributed by atoms with Crippen LogP contribution in [0.15, 0.2) is 0 Å². The first-order valence-corrected chi connectivity index (χ1v) is 4.65. The summed E-state index contributed by atoms with van der Waals surface area (Å²) in [6, 6.07) is -0.281. The summed E-state index contributed by atoms with van der Waals surface area (Å²) < 4.78 is 0. The Balaban J connectivity index is 4.01. The molecule has 0 aliphatic rings. The maximum Gasteiger partial charge on any atom is 0.317 e. The number of amides is 2. The van der Waals surface area contributed by atoms with Gasteiger partial charge in [-0.2, -0.15) is 0 Å². The Labute approximate surface area is 79.9 Å². The monoisotopic (exact) mass is 188 g/mol. The van der Waals surface area contributed by atoms with E-state index in [0.717, 1.165) is 0 Å². The van der Waals surface area contributed by atoms with Crippen molar-refractivity contribution in [2.75, 3.05) is 20.2 Å². The highest BCUT2D eigenvalue weighted by atomic mass is 16.3. The van der Waals surface area contributed by atoms with Crippen molar-refractivity contribution in [3.8, 4) is 0 Å². The zero-order chi connectivity index (χ0) is 10.4. The summed E-state index contributed by atoms with van der Waals surface area (Å²) in [5.74, 6) is 0.249. The number of urea groups is 1. The topological polar surface area (TPSA) is 52.6 Å². The summed E-state index contributed by atoms with van der Waals surface area (Å²) in [7, 11) is 1.73. The summed E-state index contributed by atoms with van der Waals surface area (Å²) in [4.78, 5) is 12.9. The Morgan fingerprint density at radius 2 is 2.08 bits per heavy atom. The van der Waals surface area contributed by atoms with Crippen molar-refractivity contribution in [2.45, 2.75) is 26.8 Å². The molecule has 0 saturated carbocycles. The van der Waals surface area contributed by atoms with Crippen LogP contribution in [0.2, 0.25) is 0 Å². The third-order valence-corrected chi connectivity index (χ3v) is 2.13. The fourth-order valence-electron chi connectivity index (χ4n) is 0.836. The summed E-state index contributed by atoms with van der Waals surface area (Å²) in [5.41, 5.74) is 0. The molecule has 4 nitrogen and oxygen atoms in total. The lowest BCUT2D eigenvalue weighted by Gasteiger charge is -2.23. The van der Waals surface area contributed by atoms with Crippen LogP contribution >= 0.6 is 0 Å². The van der Waals surface area contributed by atoms with Gasteiger partial charge in [0.05, 0.1) is 12.6 Å². The molecule has 1 unspecified atom stereocenters. The van der Waals surface area contributed by atoms with Gasteiger partial charge < -0.3 is 15.3 Å². The van der Waals surface area contributed by atoms with Crippen LogP contribution in [0.3, 0.4) is 0 Å². The Morgan fingerprint density at radius 3 is 2.38 bits per heavy atom. The van der Waals surface area contributed by atoms with E-state index in [1.54, 1.807) is 11.9 Å².